The van der Waals surface area contributed by atoms with Crippen LogP contribution in [0, 0.1) is 0 Å². The second-order valence-electron chi connectivity index (χ2n) is 4.33. The van der Waals surface area contributed by atoms with Crippen LogP contribution in [-0.2, 0) is 0 Å². The molecule has 3 N–H and O–H groups in total. The Hall–Kier alpha value is -0.790. The van der Waals surface area contributed by atoms with Gasteiger partial charge in [-0.2, -0.15) is 0 Å². The van der Waals surface area contributed by atoms with Gasteiger partial charge in [0, 0.05) is 17.1 Å². The highest BCUT2D eigenvalue weighted by molar-refractivity contribution is 9.12. The normalized spacial score (nSPS) is 12.8. The summed E-state index contributed by atoms with van der Waals surface area (Å²) in [6.07, 6.45) is 1.80. The van der Waals surface area contributed by atoms with Gasteiger partial charge in [0.25, 0.3) is 0 Å². The lowest BCUT2D eigenvalue weighted by Gasteiger charge is -2.16. The van der Waals surface area contributed by atoms with E-state index in [-0.39, 0.29) is 6.04 Å². The second-order valence-corrected chi connectivity index (χ2v) is 8.08. The Morgan fingerprint density at radius 2 is 2.05 bits per heavy atom. The molecule has 1 unspecified atom stereocenters. The summed E-state index contributed by atoms with van der Waals surface area (Å²) in [5.41, 5.74) is 6.10. The molecule has 0 saturated carbocycles. The number of halogens is 2. The van der Waals surface area contributed by atoms with Gasteiger partial charge in [-0.1, -0.05) is 12.1 Å². The van der Waals surface area contributed by atoms with Crippen molar-refractivity contribution < 1.29 is 0 Å². The Kier molecular flexibility index (Phi) is 4.18. The molecular formula is C14H11Br2N3S. The molecule has 0 aliphatic rings. The molecule has 0 amide bonds. The van der Waals surface area contributed by atoms with Gasteiger partial charge in [0.05, 0.1) is 19.1 Å². The lowest BCUT2D eigenvalue weighted by atomic mass is 10.00. The van der Waals surface area contributed by atoms with Crippen molar-refractivity contribution in [1.29, 1.82) is 0 Å². The van der Waals surface area contributed by atoms with Crippen molar-refractivity contribution >= 4 is 54.1 Å². The van der Waals surface area contributed by atoms with Crippen molar-refractivity contribution in [1.82, 2.24) is 10.4 Å². The lowest BCUT2D eigenvalue weighted by Crippen LogP contribution is -2.28. The van der Waals surface area contributed by atoms with E-state index in [1.807, 2.05) is 12.1 Å². The number of rotatable bonds is 3. The molecule has 0 radical (unpaired) electrons. The van der Waals surface area contributed by atoms with Gasteiger partial charge in [-0.05, 0) is 61.7 Å². The van der Waals surface area contributed by atoms with Gasteiger partial charge in [-0.15, -0.1) is 11.3 Å². The van der Waals surface area contributed by atoms with Crippen molar-refractivity contribution in [3.63, 3.8) is 0 Å². The first-order valence-corrected chi connectivity index (χ1v) is 8.35. The minimum Gasteiger partial charge on any atom is -0.271 e. The maximum Gasteiger partial charge on any atom is 0.0762 e. The van der Waals surface area contributed by atoms with E-state index in [4.69, 9.17) is 5.84 Å². The van der Waals surface area contributed by atoms with Crippen LogP contribution in [0.2, 0.25) is 0 Å². The number of nitrogens with zero attached hydrogens (tertiary/aromatic N) is 1. The molecule has 0 bridgehead atoms. The van der Waals surface area contributed by atoms with E-state index in [1.165, 1.54) is 0 Å². The third-order valence-electron chi connectivity index (χ3n) is 3.12. The van der Waals surface area contributed by atoms with Crippen LogP contribution in [0.15, 0.2) is 50.2 Å². The van der Waals surface area contributed by atoms with Crippen LogP contribution < -0.4 is 11.3 Å². The zero-order valence-electron chi connectivity index (χ0n) is 10.3. The molecular weight excluding hydrogens is 402 g/mol. The Morgan fingerprint density at radius 3 is 2.75 bits per heavy atom. The van der Waals surface area contributed by atoms with Gasteiger partial charge in [-0.25, -0.2) is 5.43 Å². The Labute approximate surface area is 137 Å². The summed E-state index contributed by atoms with van der Waals surface area (Å²) in [4.78, 5) is 4.34. The number of benzene rings is 1. The third kappa shape index (κ3) is 2.66. The number of nitrogens with two attached hydrogens (primary N) is 1. The summed E-state index contributed by atoms with van der Waals surface area (Å²) >= 11 is 8.73. The number of hydrogen-bond acceptors (Lipinski definition) is 4. The van der Waals surface area contributed by atoms with E-state index in [0.29, 0.717) is 0 Å². The summed E-state index contributed by atoms with van der Waals surface area (Å²) in [6.45, 7) is 0. The number of nitrogens with one attached hydrogen (secondary N) is 1. The highest BCUT2D eigenvalue weighted by Crippen LogP contribution is 2.37. The molecule has 0 saturated heterocycles. The Morgan fingerprint density at radius 1 is 1.20 bits per heavy atom. The molecule has 3 nitrogen and oxygen atoms in total. The predicted octanol–water partition coefficient (Wildman–Crippen LogP) is 4.37. The quantitative estimate of drug-likeness (QED) is 0.495. The van der Waals surface area contributed by atoms with Gasteiger partial charge >= 0.3 is 0 Å². The second kappa shape index (κ2) is 5.91. The highest BCUT2D eigenvalue weighted by atomic mass is 79.9. The fourth-order valence-corrected chi connectivity index (χ4v) is 5.09. The predicted molar refractivity (Wildman–Crippen MR) is 90.6 cm³/mol. The molecule has 0 fully saturated rings. The summed E-state index contributed by atoms with van der Waals surface area (Å²) in [7, 11) is 0. The molecule has 3 aromatic rings. The van der Waals surface area contributed by atoms with Crippen molar-refractivity contribution in [3.8, 4) is 0 Å². The van der Waals surface area contributed by atoms with E-state index in [9.17, 15) is 0 Å². The molecule has 20 heavy (non-hydrogen) atoms. The molecule has 2 heterocycles. The molecule has 102 valence electrons. The van der Waals surface area contributed by atoms with Crippen LogP contribution in [0.3, 0.4) is 0 Å². The molecule has 3 rings (SSSR count). The van der Waals surface area contributed by atoms with Crippen molar-refractivity contribution in [2.45, 2.75) is 6.04 Å². The lowest BCUT2D eigenvalue weighted by molar-refractivity contribution is 0.637. The van der Waals surface area contributed by atoms with Crippen LogP contribution in [0.25, 0.3) is 10.9 Å². The van der Waals surface area contributed by atoms with Crippen LogP contribution >= 0.6 is 43.2 Å². The van der Waals surface area contributed by atoms with Gasteiger partial charge in [0.2, 0.25) is 0 Å². The zero-order valence-corrected chi connectivity index (χ0v) is 14.3. The van der Waals surface area contributed by atoms with E-state index < -0.39 is 0 Å². The molecule has 6 heteroatoms. The molecule has 2 aromatic heterocycles. The van der Waals surface area contributed by atoms with Crippen LogP contribution in [0.1, 0.15) is 17.2 Å². The third-order valence-corrected chi connectivity index (χ3v) is 5.51. The first-order valence-electron chi connectivity index (χ1n) is 5.94. The summed E-state index contributed by atoms with van der Waals surface area (Å²) in [5, 5.41) is 1.11. The standard InChI is InChI=1S/C14H11Br2N3S/c15-12-7-10(14(16)20-12)13(19-17)9-3-4-11-8(6-9)2-1-5-18-11/h1-7,13,19H,17H2. The maximum absolute atomic E-state index is 5.76. The fraction of sp³-hybridized carbons (Fsp3) is 0.0714. The zero-order chi connectivity index (χ0) is 14.1. The summed E-state index contributed by atoms with van der Waals surface area (Å²) in [5.74, 6) is 5.76. The number of hydrogen-bond donors (Lipinski definition) is 2. The minimum absolute atomic E-state index is 0.0588. The highest BCUT2D eigenvalue weighted by Gasteiger charge is 2.18. The molecule has 1 aromatic carbocycles. The van der Waals surface area contributed by atoms with Crippen LogP contribution in [-0.4, -0.2) is 4.98 Å². The van der Waals surface area contributed by atoms with Gasteiger partial charge in [0.15, 0.2) is 0 Å². The first-order chi connectivity index (χ1) is 9.69. The van der Waals surface area contributed by atoms with Gasteiger partial charge < -0.3 is 0 Å². The first kappa shape index (κ1) is 14.2. The number of pyridine rings is 1. The molecule has 1 atom stereocenters. The largest absolute Gasteiger partial charge is 0.271 e. The average Bonchev–Trinajstić information content (AvgIpc) is 2.78. The minimum atomic E-state index is -0.0588. The topological polar surface area (TPSA) is 50.9 Å². The van der Waals surface area contributed by atoms with Crippen molar-refractivity contribution in [2.24, 2.45) is 5.84 Å². The summed E-state index contributed by atoms with van der Waals surface area (Å²) < 4.78 is 2.14. The summed E-state index contributed by atoms with van der Waals surface area (Å²) in [6, 6.07) is 12.2. The van der Waals surface area contributed by atoms with Crippen LogP contribution in [0.5, 0.6) is 0 Å². The fourth-order valence-electron chi connectivity index (χ4n) is 2.19. The Bertz CT molecular complexity index is 757. The van der Waals surface area contributed by atoms with Crippen LogP contribution in [0.4, 0.5) is 0 Å². The van der Waals surface area contributed by atoms with E-state index in [0.717, 1.165) is 29.6 Å². The van der Waals surface area contributed by atoms with E-state index >= 15 is 0 Å². The maximum atomic E-state index is 5.76. The average molecular weight is 413 g/mol. The molecule has 0 aliphatic carbocycles. The van der Waals surface area contributed by atoms with E-state index in [2.05, 4.69) is 66.5 Å². The number of fused-ring (bicyclic) bond motifs is 1. The van der Waals surface area contributed by atoms with Gasteiger partial charge in [-0.3, -0.25) is 10.8 Å². The SMILES string of the molecule is NNC(c1ccc2ncccc2c1)c1cc(Br)sc1Br. The van der Waals surface area contributed by atoms with Crippen molar-refractivity contribution in [3.05, 3.63) is 61.3 Å². The number of aromatic nitrogens is 1. The Balaban J connectivity index is 2.09. The van der Waals surface area contributed by atoms with Gasteiger partial charge in [0.1, 0.15) is 0 Å². The smallest absolute Gasteiger partial charge is 0.0762 e. The molecule has 0 spiro atoms. The number of thiophene rings is 1. The van der Waals surface area contributed by atoms with Crippen molar-refractivity contribution in [2.75, 3.05) is 0 Å². The molecule has 0 aliphatic heterocycles. The van der Waals surface area contributed by atoms with E-state index in [1.54, 1.807) is 17.5 Å². The number of hydrazine groups is 1. The monoisotopic (exact) mass is 411 g/mol.